The Hall–Kier alpha value is -5.79. The summed E-state index contributed by atoms with van der Waals surface area (Å²) in [6, 6.07) is 21.0. The molecule has 0 unspecified atom stereocenters. The monoisotopic (exact) mass is 651 g/mol. The number of carbonyl (C=O) groups excluding carboxylic acids is 3. The molecule has 240 valence electrons. The van der Waals surface area contributed by atoms with E-state index in [9.17, 15) is 40.7 Å². The lowest BCUT2D eigenvalue weighted by Crippen LogP contribution is -2.43. The van der Waals surface area contributed by atoms with Crippen LogP contribution in [0.2, 0.25) is 0 Å². The first kappa shape index (κ1) is 32.6. The van der Waals surface area contributed by atoms with Crippen molar-refractivity contribution in [3.8, 4) is 11.3 Å². The summed E-state index contributed by atoms with van der Waals surface area (Å²) in [5, 5.41) is 7.38. The molecule has 0 fully saturated rings. The zero-order valence-electron chi connectivity index (χ0n) is 24.0. The third-order valence-corrected chi connectivity index (χ3v) is 6.86. The first-order valence-corrected chi connectivity index (χ1v) is 13.8. The summed E-state index contributed by atoms with van der Waals surface area (Å²) in [6.07, 6.45) is -7.75. The predicted molar refractivity (Wildman–Crippen MR) is 160 cm³/mol. The Morgan fingerprint density at radius 2 is 1.49 bits per heavy atom. The summed E-state index contributed by atoms with van der Waals surface area (Å²) in [4.78, 5) is 47.5. The van der Waals surface area contributed by atoms with E-state index in [1.807, 2.05) is 0 Å². The molecule has 3 N–H and O–H groups in total. The van der Waals surface area contributed by atoms with Gasteiger partial charge in [-0.25, -0.2) is 4.98 Å². The summed E-state index contributed by atoms with van der Waals surface area (Å²) in [5.41, 5.74) is 0.455. The fourth-order valence-electron chi connectivity index (χ4n) is 4.61. The number of nitrogens with zero attached hydrogens (tertiary/aromatic N) is 2. The highest BCUT2D eigenvalue weighted by molar-refractivity contribution is 6.08. The third kappa shape index (κ3) is 8.09. The number of nitrogens with one attached hydrogen (secondary N) is 3. The number of pyridine rings is 2. The van der Waals surface area contributed by atoms with Crippen LogP contribution in [0.4, 0.5) is 32.2 Å². The largest absolute Gasteiger partial charge is 0.416 e. The molecule has 14 heteroatoms. The molecule has 3 amide bonds. The van der Waals surface area contributed by atoms with Gasteiger partial charge in [0.1, 0.15) is 18.4 Å². The lowest BCUT2D eigenvalue weighted by molar-refractivity contribution is -0.139. The average Bonchev–Trinajstić information content (AvgIpc) is 3.05. The molecule has 5 aromatic rings. The molecule has 0 saturated carbocycles. The predicted octanol–water partition coefficient (Wildman–Crippen LogP) is 6.72. The Morgan fingerprint density at radius 3 is 2.17 bits per heavy atom. The second-order valence-electron chi connectivity index (χ2n) is 10.2. The highest BCUT2D eigenvalue weighted by Crippen LogP contribution is 2.31. The van der Waals surface area contributed by atoms with E-state index in [4.69, 9.17) is 0 Å². The molecule has 0 aliphatic heterocycles. The minimum atomic E-state index is -4.64. The smallest absolute Gasteiger partial charge is 0.345 e. The minimum Gasteiger partial charge on any atom is -0.345 e. The van der Waals surface area contributed by atoms with Gasteiger partial charge >= 0.3 is 12.4 Å². The van der Waals surface area contributed by atoms with Gasteiger partial charge in [0, 0.05) is 22.7 Å². The fourth-order valence-corrected chi connectivity index (χ4v) is 4.61. The van der Waals surface area contributed by atoms with Gasteiger partial charge in [0.05, 0.1) is 22.3 Å². The summed E-state index contributed by atoms with van der Waals surface area (Å²) >= 11 is 0. The fraction of sp³-hybridized carbons (Fsp3) is 0.121. The molecule has 2 heterocycles. The molecule has 47 heavy (non-hydrogen) atoms. The van der Waals surface area contributed by atoms with Crippen molar-refractivity contribution in [1.29, 1.82) is 0 Å². The van der Waals surface area contributed by atoms with Gasteiger partial charge in [-0.1, -0.05) is 42.5 Å². The number of carbonyl (C=O) groups is 3. The Bertz CT molecular complexity index is 1930. The number of amides is 3. The van der Waals surface area contributed by atoms with Gasteiger partial charge in [-0.2, -0.15) is 26.3 Å². The SMILES string of the molecule is O=C(N[C@H](C(=O)NCC(F)(F)F)c1ccccc1)c1ccc2nc(NC(=O)c3cccnc3-c3ccc(C(F)(F)F)cc3)ccc2c1. The van der Waals surface area contributed by atoms with Crippen molar-refractivity contribution in [3.63, 3.8) is 0 Å². The van der Waals surface area contributed by atoms with Crippen LogP contribution in [0.5, 0.6) is 0 Å². The van der Waals surface area contributed by atoms with E-state index < -0.39 is 48.2 Å². The number of fused-ring (bicyclic) bond motifs is 1. The average molecular weight is 652 g/mol. The molecule has 0 saturated heterocycles. The lowest BCUT2D eigenvalue weighted by atomic mass is 10.0. The van der Waals surface area contributed by atoms with Gasteiger partial charge in [-0.15, -0.1) is 0 Å². The molecule has 0 spiro atoms. The number of hydrogen-bond acceptors (Lipinski definition) is 5. The standard InChI is InChI=1S/C33H23F6N5O3/c34-32(35,36)18-41-31(47)28(19-5-2-1-3-6-19)44-29(45)22-10-14-25-21(17-22)11-15-26(42-25)43-30(46)24-7-4-16-40-27(24)20-8-12-23(13-9-20)33(37,38)39/h1-17,28H,18H2,(H,41,47)(H,44,45)(H,42,43,46)/t28-/m0/s1. The molecule has 0 radical (unpaired) electrons. The number of alkyl halides is 6. The van der Waals surface area contributed by atoms with Crippen molar-refractivity contribution >= 4 is 34.4 Å². The molecule has 1 atom stereocenters. The molecule has 0 aliphatic rings. The van der Waals surface area contributed by atoms with Crippen molar-refractivity contribution in [2.45, 2.75) is 18.4 Å². The van der Waals surface area contributed by atoms with Crippen molar-refractivity contribution in [2.75, 3.05) is 11.9 Å². The Kier molecular flexibility index (Phi) is 9.22. The minimum absolute atomic E-state index is 0.0911. The van der Waals surface area contributed by atoms with Gasteiger partial charge in [-0.05, 0) is 60.2 Å². The van der Waals surface area contributed by atoms with Crippen LogP contribution in [-0.2, 0) is 11.0 Å². The Labute approximate surface area is 262 Å². The van der Waals surface area contributed by atoms with Crippen LogP contribution < -0.4 is 16.0 Å². The summed E-state index contributed by atoms with van der Waals surface area (Å²) in [7, 11) is 0. The molecule has 5 rings (SSSR count). The molecular formula is C33H23F6N5O3. The van der Waals surface area contributed by atoms with E-state index in [0.717, 1.165) is 12.1 Å². The molecule has 2 aromatic heterocycles. The van der Waals surface area contributed by atoms with Crippen LogP contribution in [-0.4, -0.2) is 40.4 Å². The van der Waals surface area contributed by atoms with Crippen molar-refractivity contribution in [2.24, 2.45) is 0 Å². The zero-order chi connectivity index (χ0) is 33.8. The van der Waals surface area contributed by atoms with E-state index in [1.54, 1.807) is 29.6 Å². The zero-order valence-corrected chi connectivity index (χ0v) is 24.0. The normalized spacial score (nSPS) is 12.3. The van der Waals surface area contributed by atoms with Gasteiger partial charge in [0.15, 0.2) is 0 Å². The van der Waals surface area contributed by atoms with E-state index in [-0.39, 0.29) is 28.2 Å². The van der Waals surface area contributed by atoms with E-state index in [2.05, 4.69) is 20.6 Å². The quantitative estimate of drug-likeness (QED) is 0.161. The van der Waals surface area contributed by atoms with Gasteiger partial charge < -0.3 is 16.0 Å². The Morgan fingerprint density at radius 1 is 0.766 bits per heavy atom. The maximum absolute atomic E-state index is 13.2. The van der Waals surface area contributed by atoms with Gasteiger partial charge in [0.2, 0.25) is 5.91 Å². The number of rotatable bonds is 8. The van der Waals surface area contributed by atoms with Crippen molar-refractivity contribution < 1.29 is 40.7 Å². The number of anilines is 1. The first-order chi connectivity index (χ1) is 22.3. The summed E-state index contributed by atoms with van der Waals surface area (Å²) in [5.74, 6) is -2.26. The molecule has 0 bridgehead atoms. The second kappa shape index (κ2) is 13.3. The van der Waals surface area contributed by atoms with Crippen LogP contribution in [0.25, 0.3) is 22.2 Å². The first-order valence-electron chi connectivity index (χ1n) is 13.8. The maximum atomic E-state index is 13.2. The van der Waals surface area contributed by atoms with Crippen LogP contribution >= 0.6 is 0 Å². The van der Waals surface area contributed by atoms with Gasteiger partial charge in [-0.3, -0.25) is 19.4 Å². The lowest BCUT2D eigenvalue weighted by Gasteiger charge is -2.19. The number of aromatic nitrogens is 2. The van der Waals surface area contributed by atoms with E-state index in [0.29, 0.717) is 16.5 Å². The third-order valence-electron chi connectivity index (χ3n) is 6.86. The molecule has 0 aliphatic carbocycles. The van der Waals surface area contributed by atoms with Crippen LogP contribution in [0.3, 0.4) is 0 Å². The summed E-state index contributed by atoms with van der Waals surface area (Å²) < 4.78 is 77.1. The summed E-state index contributed by atoms with van der Waals surface area (Å²) in [6.45, 7) is -1.57. The van der Waals surface area contributed by atoms with Crippen LogP contribution in [0.15, 0.2) is 103 Å². The topological polar surface area (TPSA) is 113 Å². The van der Waals surface area contributed by atoms with Gasteiger partial charge in [0.25, 0.3) is 11.8 Å². The van der Waals surface area contributed by atoms with Crippen LogP contribution in [0, 0.1) is 0 Å². The van der Waals surface area contributed by atoms with Crippen LogP contribution in [0.1, 0.15) is 37.9 Å². The highest BCUT2D eigenvalue weighted by atomic mass is 19.4. The molecular weight excluding hydrogens is 628 g/mol. The number of benzene rings is 3. The highest BCUT2D eigenvalue weighted by Gasteiger charge is 2.31. The van der Waals surface area contributed by atoms with E-state index in [1.165, 1.54) is 66.9 Å². The maximum Gasteiger partial charge on any atom is 0.416 e. The van der Waals surface area contributed by atoms with Crippen molar-refractivity contribution in [3.05, 3.63) is 126 Å². The molecule has 3 aromatic carbocycles. The Balaban J connectivity index is 1.32. The second-order valence-corrected chi connectivity index (χ2v) is 10.2. The number of hydrogen-bond donors (Lipinski definition) is 3. The number of halogens is 6. The van der Waals surface area contributed by atoms with E-state index >= 15 is 0 Å². The van der Waals surface area contributed by atoms with Crippen molar-refractivity contribution in [1.82, 2.24) is 20.6 Å². The molecule has 8 nitrogen and oxygen atoms in total.